The molecule has 2 N–H and O–H groups in total. The fraction of sp³-hybridized carbons (Fsp3) is 0.333. The van der Waals surface area contributed by atoms with Crippen molar-refractivity contribution in [3.8, 4) is 0 Å². The highest BCUT2D eigenvalue weighted by Crippen LogP contribution is 2.47. The molecule has 2 unspecified atom stereocenters. The van der Waals surface area contributed by atoms with E-state index in [1.54, 1.807) is 6.08 Å². The summed E-state index contributed by atoms with van der Waals surface area (Å²) < 4.78 is 5.71. The van der Waals surface area contributed by atoms with E-state index in [1.807, 2.05) is 44.2 Å². The van der Waals surface area contributed by atoms with Crippen molar-refractivity contribution in [1.82, 2.24) is 5.32 Å². The Kier molecular flexibility index (Phi) is 5.26. The molecule has 2 amide bonds. The molecule has 1 aromatic carbocycles. The Labute approximate surface area is 153 Å². The molecule has 1 heterocycles. The summed E-state index contributed by atoms with van der Waals surface area (Å²) in [4.78, 5) is 23.9. The predicted molar refractivity (Wildman–Crippen MR) is 102 cm³/mol. The summed E-state index contributed by atoms with van der Waals surface area (Å²) >= 11 is 0. The molecule has 0 spiro atoms. The smallest absolute Gasteiger partial charge is 0.244 e. The van der Waals surface area contributed by atoms with Crippen LogP contribution >= 0.6 is 0 Å². The van der Waals surface area contributed by atoms with Gasteiger partial charge in [-0.15, -0.1) is 0 Å². The zero-order valence-electron chi connectivity index (χ0n) is 15.3. The van der Waals surface area contributed by atoms with Gasteiger partial charge in [-0.3, -0.25) is 9.59 Å². The van der Waals surface area contributed by atoms with Crippen molar-refractivity contribution in [2.45, 2.75) is 33.1 Å². The number of hydrogen-bond acceptors (Lipinski definition) is 3. The number of anilines is 1. The summed E-state index contributed by atoms with van der Waals surface area (Å²) in [6, 6.07) is 9.63. The quantitative estimate of drug-likeness (QED) is 0.777. The molecule has 0 aliphatic heterocycles. The maximum atomic E-state index is 12.0. The van der Waals surface area contributed by atoms with Gasteiger partial charge in [0.05, 0.1) is 6.54 Å². The Morgan fingerprint density at radius 2 is 1.88 bits per heavy atom. The zero-order valence-corrected chi connectivity index (χ0v) is 15.3. The summed E-state index contributed by atoms with van der Waals surface area (Å²) in [5, 5.41) is 5.42. The van der Waals surface area contributed by atoms with Gasteiger partial charge < -0.3 is 15.1 Å². The normalized spacial score (nSPS) is 18.7. The fourth-order valence-corrected chi connectivity index (χ4v) is 2.96. The number of benzene rings is 1. The van der Waals surface area contributed by atoms with Crippen molar-refractivity contribution in [2.24, 2.45) is 5.92 Å². The molecule has 5 nitrogen and oxygen atoms in total. The van der Waals surface area contributed by atoms with Crippen molar-refractivity contribution in [2.75, 3.05) is 11.9 Å². The Balaban J connectivity index is 1.47. The predicted octanol–water partition coefficient (Wildman–Crippen LogP) is 3.79. The number of furan rings is 1. The van der Waals surface area contributed by atoms with E-state index >= 15 is 0 Å². The molecule has 1 fully saturated rings. The third kappa shape index (κ3) is 4.42. The number of hydrogen-bond donors (Lipinski definition) is 2. The van der Waals surface area contributed by atoms with E-state index in [0.717, 1.165) is 29.0 Å². The molecule has 26 heavy (non-hydrogen) atoms. The molecular formula is C21H24N2O3. The first-order valence-corrected chi connectivity index (χ1v) is 8.85. The number of rotatable bonds is 6. The van der Waals surface area contributed by atoms with Crippen LogP contribution in [0.1, 0.15) is 41.9 Å². The second-order valence-electron chi connectivity index (χ2n) is 6.93. The van der Waals surface area contributed by atoms with Gasteiger partial charge in [-0.05, 0) is 55.5 Å². The van der Waals surface area contributed by atoms with Crippen LogP contribution in [-0.4, -0.2) is 18.4 Å². The molecular weight excluding hydrogens is 328 g/mol. The first-order valence-electron chi connectivity index (χ1n) is 8.85. The van der Waals surface area contributed by atoms with E-state index < -0.39 is 0 Å². The summed E-state index contributed by atoms with van der Waals surface area (Å²) in [7, 11) is 0. The van der Waals surface area contributed by atoms with Crippen LogP contribution in [0.25, 0.3) is 6.08 Å². The SMILES string of the molecule is Cc1cccc(C)c1NC(=O)CNC(=O)/C=C/c1ccc(C2CC2C)o1. The maximum absolute atomic E-state index is 12.0. The van der Waals surface area contributed by atoms with Gasteiger partial charge in [-0.2, -0.15) is 0 Å². The van der Waals surface area contributed by atoms with Gasteiger partial charge >= 0.3 is 0 Å². The molecule has 2 aromatic rings. The third-order valence-electron chi connectivity index (χ3n) is 4.69. The first-order chi connectivity index (χ1) is 12.4. The minimum Gasteiger partial charge on any atom is -0.461 e. The van der Waals surface area contributed by atoms with Crippen molar-refractivity contribution < 1.29 is 14.0 Å². The van der Waals surface area contributed by atoms with E-state index in [-0.39, 0.29) is 18.4 Å². The number of para-hydroxylation sites is 1. The second kappa shape index (κ2) is 7.60. The highest BCUT2D eigenvalue weighted by molar-refractivity contribution is 5.98. The lowest BCUT2D eigenvalue weighted by Gasteiger charge is -2.11. The summed E-state index contributed by atoms with van der Waals surface area (Å²) in [6.07, 6.45) is 4.16. The summed E-state index contributed by atoms with van der Waals surface area (Å²) in [5.74, 6) is 2.22. The standard InChI is InChI=1S/C21H24N2O3/c1-13-5-4-6-14(2)21(13)23-20(25)12-22-19(24)10-8-16-7-9-18(26-16)17-11-15(17)3/h4-10,15,17H,11-12H2,1-3H3,(H,22,24)(H,23,25)/b10-8+. The highest BCUT2D eigenvalue weighted by atomic mass is 16.3. The van der Waals surface area contributed by atoms with Gasteiger partial charge in [0.25, 0.3) is 0 Å². The molecule has 1 aromatic heterocycles. The molecule has 1 aliphatic rings. The molecule has 2 atom stereocenters. The number of nitrogens with one attached hydrogen (secondary N) is 2. The average Bonchev–Trinajstić information content (AvgIpc) is 3.15. The lowest BCUT2D eigenvalue weighted by atomic mass is 10.1. The molecule has 1 saturated carbocycles. The first kappa shape index (κ1) is 18.0. The van der Waals surface area contributed by atoms with Crippen molar-refractivity contribution in [1.29, 1.82) is 0 Å². The number of carbonyl (C=O) groups is 2. The Morgan fingerprint density at radius 3 is 2.54 bits per heavy atom. The highest BCUT2D eigenvalue weighted by Gasteiger charge is 2.36. The van der Waals surface area contributed by atoms with Gasteiger partial charge in [0, 0.05) is 17.7 Å². The molecule has 5 heteroatoms. The van der Waals surface area contributed by atoms with Crippen molar-refractivity contribution in [3.63, 3.8) is 0 Å². The van der Waals surface area contributed by atoms with Crippen LogP contribution in [-0.2, 0) is 9.59 Å². The Hall–Kier alpha value is -2.82. The van der Waals surface area contributed by atoms with Crippen LogP contribution < -0.4 is 10.6 Å². The molecule has 0 radical (unpaired) electrons. The van der Waals surface area contributed by atoms with E-state index in [2.05, 4.69) is 17.6 Å². The van der Waals surface area contributed by atoms with Gasteiger partial charge in [-0.25, -0.2) is 0 Å². The Morgan fingerprint density at radius 1 is 1.19 bits per heavy atom. The van der Waals surface area contributed by atoms with Gasteiger partial charge in [-0.1, -0.05) is 25.1 Å². The minimum absolute atomic E-state index is 0.0834. The van der Waals surface area contributed by atoms with Crippen LogP contribution in [0.15, 0.2) is 40.8 Å². The summed E-state index contributed by atoms with van der Waals surface area (Å²) in [6.45, 7) is 5.98. The average molecular weight is 352 g/mol. The molecule has 0 saturated heterocycles. The molecule has 136 valence electrons. The van der Waals surface area contributed by atoms with Crippen LogP contribution in [0.4, 0.5) is 5.69 Å². The molecule has 0 bridgehead atoms. The van der Waals surface area contributed by atoms with Crippen LogP contribution in [0.2, 0.25) is 0 Å². The topological polar surface area (TPSA) is 71.3 Å². The third-order valence-corrected chi connectivity index (χ3v) is 4.69. The van der Waals surface area contributed by atoms with Gasteiger partial charge in [0.1, 0.15) is 11.5 Å². The van der Waals surface area contributed by atoms with Crippen molar-refractivity contribution in [3.05, 3.63) is 59.1 Å². The van der Waals surface area contributed by atoms with E-state index in [1.165, 1.54) is 6.08 Å². The maximum Gasteiger partial charge on any atom is 0.244 e. The number of aryl methyl sites for hydroxylation is 2. The van der Waals surface area contributed by atoms with Gasteiger partial charge in [0.2, 0.25) is 11.8 Å². The van der Waals surface area contributed by atoms with E-state index in [4.69, 9.17) is 4.42 Å². The second-order valence-corrected chi connectivity index (χ2v) is 6.93. The van der Waals surface area contributed by atoms with Crippen LogP contribution in [0.5, 0.6) is 0 Å². The minimum atomic E-state index is -0.334. The fourth-order valence-electron chi connectivity index (χ4n) is 2.96. The van der Waals surface area contributed by atoms with Crippen molar-refractivity contribution >= 4 is 23.6 Å². The Bertz CT molecular complexity index is 830. The van der Waals surface area contributed by atoms with Crippen LogP contribution in [0.3, 0.4) is 0 Å². The lowest BCUT2D eigenvalue weighted by molar-refractivity contribution is -0.121. The zero-order chi connectivity index (χ0) is 18.7. The van der Waals surface area contributed by atoms with E-state index in [0.29, 0.717) is 17.6 Å². The number of amides is 2. The largest absolute Gasteiger partial charge is 0.461 e. The van der Waals surface area contributed by atoms with E-state index in [9.17, 15) is 9.59 Å². The molecule has 1 aliphatic carbocycles. The van der Waals surface area contributed by atoms with Crippen LogP contribution in [0, 0.1) is 19.8 Å². The lowest BCUT2D eigenvalue weighted by Crippen LogP contribution is -2.32. The monoisotopic (exact) mass is 352 g/mol. The number of carbonyl (C=O) groups excluding carboxylic acids is 2. The molecule has 3 rings (SSSR count). The van der Waals surface area contributed by atoms with Gasteiger partial charge in [0.15, 0.2) is 0 Å². The summed E-state index contributed by atoms with van der Waals surface area (Å²) in [5.41, 5.74) is 2.77.